The van der Waals surface area contributed by atoms with Gasteiger partial charge in [-0.3, -0.25) is 4.68 Å². The van der Waals surface area contributed by atoms with E-state index in [0.717, 1.165) is 49.3 Å². The molecule has 0 saturated carbocycles. The van der Waals surface area contributed by atoms with Crippen molar-refractivity contribution in [2.75, 3.05) is 44.7 Å². The second-order valence-corrected chi connectivity index (χ2v) is 19.4. The third-order valence-corrected chi connectivity index (χ3v) is 16.0. The highest BCUT2D eigenvalue weighted by molar-refractivity contribution is 6.77. The van der Waals surface area contributed by atoms with Crippen molar-refractivity contribution in [3.8, 4) is 34.0 Å². The average Bonchev–Trinajstić information content (AvgIpc) is 3.70. The Morgan fingerprint density at radius 2 is 1.48 bits per heavy atom. The van der Waals surface area contributed by atoms with E-state index in [1.54, 1.807) is 12.1 Å². The number of halogens is 1. The highest BCUT2D eigenvalue weighted by Crippen LogP contribution is 2.42. The molecule has 2 aromatic carbocycles. The molecule has 9 nitrogen and oxygen atoms in total. The molecule has 6 rings (SSSR count). The summed E-state index contributed by atoms with van der Waals surface area (Å²) >= 11 is 0. The van der Waals surface area contributed by atoms with E-state index in [1.807, 2.05) is 23.0 Å². The number of benzene rings is 2. The van der Waals surface area contributed by atoms with E-state index in [9.17, 15) is 4.39 Å². The molecule has 1 saturated heterocycles. The molecule has 0 unspecified atom stereocenters. The number of fused-ring (bicyclic) bond motifs is 1. The molecule has 0 bridgehead atoms. The third-order valence-electron chi connectivity index (χ3n) is 9.90. The van der Waals surface area contributed by atoms with Crippen molar-refractivity contribution in [2.24, 2.45) is 0 Å². The summed E-state index contributed by atoms with van der Waals surface area (Å²) in [4.78, 5) is 18.7. The lowest BCUT2D eigenvalue weighted by Gasteiger charge is -2.42. The van der Waals surface area contributed by atoms with Crippen LogP contribution in [0.5, 0.6) is 0 Å². The van der Waals surface area contributed by atoms with E-state index in [2.05, 4.69) is 80.5 Å². The molecule has 11 heteroatoms. The number of aromatic nitrogens is 5. The zero-order valence-electron chi connectivity index (χ0n) is 29.3. The Balaban J connectivity index is 1.28. The van der Waals surface area contributed by atoms with Gasteiger partial charge in [0, 0.05) is 67.9 Å². The fraction of sp³-hybridized carbons (Fsp3) is 0.459. The number of nitrogens with zero attached hydrogens (tertiary/aromatic N) is 7. The first-order valence-corrected chi connectivity index (χ1v) is 19.3. The Morgan fingerprint density at radius 3 is 2.12 bits per heavy atom. The number of oxazole rings is 1. The van der Waals surface area contributed by atoms with Crippen molar-refractivity contribution in [3.05, 3.63) is 66.9 Å². The monoisotopic (exact) mass is 669 g/mol. The van der Waals surface area contributed by atoms with Gasteiger partial charge in [-0.05, 0) is 78.6 Å². The molecule has 5 aromatic rings. The van der Waals surface area contributed by atoms with Gasteiger partial charge < -0.3 is 18.6 Å². The van der Waals surface area contributed by atoms with E-state index in [4.69, 9.17) is 18.9 Å². The molecule has 0 radical (unpaired) electrons. The van der Waals surface area contributed by atoms with Crippen LogP contribution in [0.15, 0.2) is 65.5 Å². The fourth-order valence-electron chi connectivity index (χ4n) is 7.46. The quantitative estimate of drug-likeness (QED) is 0.0969. The summed E-state index contributed by atoms with van der Waals surface area (Å²) in [6, 6.07) is 14.7. The highest BCUT2D eigenvalue weighted by atomic mass is 28.4. The first-order chi connectivity index (χ1) is 23.1. The minimum atomic E-state index is -1.96. The number of rotatable bonds is 12. The zero-order valence-corrected chi connectivity index (χ0v) is 30.3. The minimum absolute atomic E-state index is 0.297. The van der Waals surface area contributed by atoms with Crippen molar-refractivity contribution >= 4 is 25.2 Å². The molecule has 4 heterocycles. The molecule has 3 aromatic heterocycles. The Hall–Kier alpha value is -3.93. The van der Waals surface area contributed by atoms with E-state index in [0.29, 0.717) is 58.3 Å². The number of hydrogen-bond donors (Lipinski definition) is 0. The molecule has 0 amide bonds. The SMILES string of the molecule is CC(C)[Si](OCCCn1cc(-c2ncnc3oc(-c4ccc(N5CCN(C)CC5)cc4)nc23)c(-c2ccc(F)cc2)n1)(C(C)C)C(C)C. The van der Waals surface area contributed by atoms with Crippen LogP contribution >= 0.6 is 0 Å². The number of hydrogen-bond acceptors (Lipinski definition) is 8. The van der Waals surface area contributed by atoms with Gasteiger partial charge in [-0.2, -0.15) is 10.1 Å². The molecule has 0 spiro atoms. The second kappa shape index (κ2) is 14.3. The van der Waals surface area contributed by atoms with Gasteiger partial charge in [0.2, 0.25) is 5.89 Å². The lowest BCUT2D eigenvalue weighted by Crippen LogP contribution is -2.48. The summed E-state index contributed by atoms with van der Waals surface area (Å²) in [6.45, 7) is 19.3. The van der Waals surface area contributed by atoms with E-state index < -0.39 is 8.32 Å². The molecule has 0 aliphatic carbocycles. The number of likely N-dealkylation sites (N-methyl/N-ethyl adjacent to an activating group) is 1. The summed E-state index contributed by atoms with van der Waals surface area (Å²) in [6.07, 6.45) is 4.32. The Labute approximate surface area is 284 Å². The van der Waals surface area contributed by atoms with Crippen LogP contribution in [0.4, 0.5) is 10.1 Å². The number of aryl methyl sites for hydroxylation is 1. The Bertz CT molecular complexity index is 1790. The fourth-order valence-corrected chi connectivity index (χ4v) is 13.0. The maximum Gasteiger partial charge on any atom is 0.251 e. The molecule has 1 aliphatic rings. The Kier molecular flexibility index (Phi) is 10.1. The Morgan fingerprint density at radius 1 is 0.833 bits per heavy atom. The molecule has 1 fully saturated rings. The lowest BCUT2D eigenvalue weighted by molar-refractivity contribution is 0.263. The van der Waals surface area contributed by atoms with Crippen LogP contribution in [-0.4, -0.2) is 77.8 Å². The van der Waals surface area contributed by atoms with Crippen LogP contribution in [0.25, 0.3) is 45.2 Å². The van der Waals surface area contributed by atoms with Crippen molar-refractivity contribution in [3.63, 3.8) is 0 Å². The van der Waals surface area contributed by atoms with Crippen LogP contribution in [0, 0.1) is 5.82 Å². The highest BCUT2D eigenvalue weighted by Gasteiger charge is 2.44. The molecular formula is C37H48FN7O2Si. The molecule has 1 aliphatic heterocycles. The molecular weight excluding hydrogens is 622 g/mol. The largest absolute Gasteiger partial charge is 0.418 e. The predicted octanol–water partition coefficient (Wildman–Crippen LogP) is 8.29. The third kappa shape index (κ3) is 6.81. The van der Waals surface area contributed by atoms with Crippen LogP contribution in [0.3, 0.4) is 0 Å². The van der Waals surface area contributed by atoms with Crippen LogP contribution in [0.1, 0.15) is 48.0 Å². The summed E-state index contributed by atoms with van der Waals surface area (Å²) in [5.41, 5.74) is 7.52. The first kappa shape index (κ1) is 33.9. The first-order valence-electron chi connectivity index (χ1n) is 17.2. The molecule has 254 valence electrons. The number of anilines is 1. The summed E-state index contributed by atoms with van der Waals surface area (Å²) < 4.78 is 28.9. The lowest BCUT2D eigenvalue weighted by atomic mass is 10.1. The summed E-state index contributed by atoms with van der Waals surface area (Å²) in [5.74, 6) is 0.187. The molecule has 48 heavy (non-hydrogen) atoms. The maximum atomic E-state index is 13.9. The van der Waals surface area contributed by atoms with Crippen molar-refractivity contribution < 1.29 is 13.2 Å². The maximum absolute atomic E-state index is 13.9. The van der Waals surface area contributed by atoms with E-state index in [1.165, 1.54) is 24.1 Å². The summed E-state index contributed by atoms with van der Waals surface area (Å²) in [5, 5.41) is 4.98. The van der Waals surface area contributed by atoms with Crippen molar-refractivity contribution in [1.82, 2.24) is 29.6 Å². The van der Waals surface area contributed by atoms with Gasteiger partial charge in [0.25, 0.3) is 5.71 Å². The van der Waals surface area contributed by atoms with Gasteiger partial charge in [0.05, 0.1) is 0 Å². The zero-order chi connectivity index (χ0) is 34.0. The van der Waals surface area contributed by atoms with Gasteiger partial charge in [-0.1, -0.05) is 41.5 Å². The van der Waals surface area contributed by atoms with Gasteiger partial charge in [0.15, 0.2) is 13.8 Å². The van der Waals surface area contributed by atoms with Crippen LogP contribution < -0.4 is 4.90 Å². The standard InChI is InChI=1S/C37H48FN7O2Si/c1-25(2)48(26(3)4,27(5)6)46-22-8-17-45-23-32(33(42-45)28-9-13-30(38)14-10-28)34-35-37(40-24-39-34)47-36(41-35)29-11-15-31(16-12-29)44-20-18-43(7)19-21-44/h9-16,23-27H,8,17-22H2,1-7H3. The van der Waals surface area contributed by atoms with Gasteiger partial charge in [-0.25, -0.2) is 14.4 Å². The summed E-state index contributed by atoms with van der Waals surface area (Å²) in [7, 11) is 0.202. The average molecular weight is 670 g/mol. The van der Waals surface area contributed by atoms with Crippen LogP contribution in [-0.2, 0) is 11.0 Å². The van der Waals surface area contributed by atoms with Crippen molar-refractivity contribution in [2.45, 2.75) is 71.1 Å². The topological polar surface area (TPSA) is 85.3 Å². The van der Waals surface area contributed by atoms with E-state index in [-0.39, 0.29) is 5.82 Å². The predicted molar refractivity (Wildman–Crippen MR) is 193 cm³/mol. The molecule has 0 N–H and O–H groups in total. The van der Waals surface area contributed by atoms with Gasteiger partial charge >= 0.3 is 0 Å². The van der Waals surface area contributed by atoms with E-state index >= 15 is 0 Å². The second-order valence-electron chi connectivity index (χ2n) is 13.9. The van der Waals surface area contributed by atoms with Crippen molar-refractivity contribution in [1.29, 1.82) is 0 Å². The smallest absolute Gasteiger partial charge is 0.251 e. The minimum Gasteiger partial charge on any atom is -0.418 e. The molecule has 0 atom stereocenters. The van der Waals surface area contributed by atoms with Crippen LogP contribution in [0.2, 0.25) is 16.6 Å². The number of piperazine rings is 1. The van der Waals surface area contributed by atoms with Gasteiger partial charge in [0.1, 0.15) is 23.5 Å². The van der Waals surface area contributed by atoms with Gasteiger partial charge in [-0.15, -0.1) is 0 Å². The normalized spacial score (nSPS) is 14.7.